The molecule has 0 spiro atoms. The van der Waals surface area contributed by atoms with Crippen molar-refractivity contribution in [1.82, 2.24) is 16.0 Å². The Bertz CT molecular complexity index is 810. The highest BCUT2D eigenvalue weighted by Crippen LogP contribution is 2.10. The van der Waals surface area contributed by atoms with E-state index >= 15 is 0 Å². The zero-order valence-electron chi connectivity index (χ0n) is 20.1. The average molecular weight is 477 g/mol. The second kappa shape index (κ2) is 16.2. The van der Waals surface area contributed by atoms with Gasteiger partial charge in [-0.1, -0.05) is 39.3 Å². The maximum absolute atomic E-state index is 12.5. The number of unbranched alkanes of at least 4 members (excludes halogenated alkanes) is 2. The van der Waals surface area contributed by atoms with E-state index in [-0.39, 0.29) is 37.3 Å². The molecule has 10 heteroatoms. The third kappa shape index (κ3) is 12.0. The Labute approximate surface area is 200 Å². The molecule has 1 atom stereocenters. The Morgan fingerprint density at radius 1 is 0.941 bits per heavy atom. The van der Waals surface area contributed by atoms with Gasteiger partial charge in [0.25, 0.3) is 6.47 Å². The molecule has 0 aliphatic heterocycles. The Hall–Kier alpha value is -3.43. The molecule has 0 heterocycles. The first kappa shape index (κ1) is 28.6. The summed E-state index contributed by atoms with van der Waals surface area (Å²) in [4.78, 5) is 58.4. The molecule has 4 amide bonds. The number of ether oxygens (including phenoxy) is 1. The summed E-state index contributed by atoms with van der Waals surface area (Å²) in [5.41, 5.74) is 1.31. The number of carbonyl (C=O) groups is 5. The van der Waals surface area contributed by atoms with Crippen LogP contribution in [0.3, 0.4) is 0 Å². The average Bonchev–Trinajstić information content (AvgIpc) is 2.82. The molecule has 0 aliphatic rings. The first-order chi connectivity index (χ1) is 16.3. The van der Waals surface area contributed by atoms with Crippen molar-refractivity contribution in [2.24, 2.45) is 5.92 Å². The molecular weight excluding hydrogens is 440 g/mol. The first-order valence-electron chi connectivity index (χ1n) is 11.5. The number of rotatable bonds is 16. The van der Waals surface area contributed by atoms with Gasteiger partial charge >= 0.3 is 0 Å². The molecule has 1 unspecified atom stereocenters. The summed E-state index contributed by atoms with van der Waals surface area (Å²) < 4.78 is 4.66. The van der Waals surface area contributed by atoms with Gasteiger partial charge in [0.1, 0.15) is 12.6 Å². The van der Waals surface area contributed by atoms with E-state index in [1.54, 1.807) is 31.2 Å². The maximum Gasteiger partial charge on any atom is 0.293 e. The van der Waals surface area contributed by atoms with Gasteiger partial charge in [-0.2, -0.15) is 0 Å². The van der Waals surface area contributed by atoms with Gasteiger partial charge in [0.05, 0.1) is 6.54 Å². The predicted molar refractivity (Wildman–Crippen MR) is 127 cm³/mol. The molecule has 0 bridgehead atoms. The lowest BCUT2D eigenvalue weighted by Gasteiger charge is -2.21. The summed E-state index contributed by atoms with van der Waals surface area (Å²) in [6.07, 6.45) is 2.98. The van der Waals surface area contributed by atoms with Crippen LogP contribution in [0.25, 0.3) is 0 Å². The van der Waals surface area contributed by atoms with Gasteiger partial charge in [-0.3, -0.25) is 24.0 Å². The number of carbonyl (C=O) groups excluding carboxylic acids is 5. The van der Waals surface area contributed by atoms with E-state index < -0.39 is 17.9 Å². The summed E-state index contributed by atoms with van der Waals surface area (Å²) >= 11 is 0. The third-order valence-corrected chi connectivity index (χ3v) is 4.97. The van der Waals surface area contributed by atoms with E-state index in [4.69, 9.17) is 0 Å². The fourth-order valence-corrected chi connectivity index (χ4v) is 3.02. The van der Waals surface area contributed by atoms with Crippen LogP contribution >= 0.6 is 0 Å². The van der Waals surface area contributed by atoms with Gasteiger partial charge in [0.15, 0.2) is 0 Å². The Morgan fingerprint density at radius 2 is 1.65 bits per heavy atom. The molecule has 10 nitrogen and oxygen atoms in total. The molecule has 0 saturated heterocycles. The normalized spacial score (nSPS) is 11.3. The van der Waals surface area contributed by atoms with Crippen molar-refractivity contribution in [3.05, 3.63) is 29.8 Å². The standard InChI is InChI=1S/C24H36N4O6/c1-4-20(30)25-13-7-5-6-8-21(31)28-23(17(2)3)24(33)26-14-22(32)27-19-11-9-18(10-12-19)15-34-16-29/h9-12,16-17,23H,4-8,13-15H2,1-3H3,(H,25,30)(H,26,33)(H,27,32)(H,28,31). The second-order valence-electron chi connectivity index (χ2n) is 8.17. The van der Waals surface area contributed by atoms with Gasteiger partial charge in [-0.25, -0.2) is 0 Å². The topological polar surface area (TPSA) is 143 Å². The van der Waals surface area contributed by atoms with Crippen molar-refractivity contribution in [2.75, 3.05) is 18.4 Å². The highest BCUT2D eigenvalue weighted by atomic mass is 16.5. The van der Waals surface area contributed by atoms with E-state index in [1.165, 1.54) is 0 Å². The molecule has 0 aliphatic carbocycles. The van der Waals surface area contributed by atoms with E-state index in [0.717, 1.165) is 18.4 Å². The SMILES string of the molecule is CCC(=O)NCCCCCC(=O)NC(C(=O)NCC(=O)Nc1ccc(COC=O)cc1)C(C)C. The molecule has 1 aromatic carbocycles. The van der Waals surface area contributed by atoms with Crippen LogP contribution in [0.5, 0.6) is 0 Å². The largest absolute Gasteiger partial charge is 0.463 e. The van der Waals surface area contributed by atoms with Crippen molar-refractivity contribution in [1.29, 1.82) is 0 Å². The minimum atomic E-state index is -0.749. The van der Waals surface area contributed by atoms with Crippen molar-refractivity contribution in [3.8, 4) is 0 Å². The molecule has 188 valence electrons. The van der Waals surface area contributed by atoms with Crippen LogP contribution in [0, 0.1) is 5.92 Å². The molecule has 34 heavy (non-hydrogen) atoms. The van der Waals surface area contributed by atoms with E-state index in [0.29, 0.717) is 31.5 Å². The number of anilines is 1. The maximum atomic E-state index is 12.5. The summed E-state index contributed by atoms with van der Waals surface area (Å²) in [6.45, 7) is 6.29. The van der Waals surface area contributed by atoms with E-state index in [2.05, 4.69) is 26.0 Å². The minimum absolute atomic E-state index is 0.0105. The van der Waals surface area contributed by atoms with Crippen molar-refractivity contribution >= 4 is 35.8 Å². The van der Waals surface area contributed by atoms with Gasteiger partial charge in [-0.05, 0) is 36.5 Å². The zero-order valence-corrected chi connectivity index (χ0v) is 20.1. The second-order valence-corrected chi connectivity index (χ2v) is 8.17. The Kier molecular flexibility index (Phi) is 13.6. The van der Waals surface area contributed by atoms with Crippen molar-refractivity contribution < 1.29 is 28.7 Å². The molecule has 0 fully saturated rings. The first-order valence-corrected chi connectivity index (χ1v) is 11.5. The lowest BCUT2D eigenvalue weighted by Crippen LogP contribution is -2.51. The lowest BCUT2D eigenvalue weighted by atomic mass is 10.0. The quantitative estimate of drug-likeness (QED) is 0.211. The lowest BCUT2D eigenvalue weighted by molar-refractivity contribution is -0.130. The molecule has 0 saturated carbocycles. The van der Waals surface area contributed by atoms with Gasteiger partial charge in [-0.15, -0.1) is 0 Å². The number of hydrogen-bond donors (Lipinski definition) is 4. The van der Waals surface area contributed by atoms with Crippen LogP contribution in [-0.2, 0) is 35.3 Å². The van der Waals surface area contributed by atoms with Crippen molar-refractivity contribution in [3.63, 3.8) is 0 Å². The highest BCUT2D eigenvalue weighted by molar-refractivity contribution is 5.96. The molecule has 4 N–H and O–H groups in total. The van der Waals surface area contributed by atoms with Crippen LogP contribution in [-0.4, -0.2) is 49.2 Å². The minimum Gasteiger partial charge on any atom is -0.463 e. The number of amides is 4. The summed E-state index contributed by atoms with van der Waals surface area (Å²) in [5.74, 6) is -1.21. The van der Waals surface area contributed by atoms with Crippen LogP contribution in [0.4, 0.5) is 5.69 Å². The van der Waals surface area contributed by atoms with Crippen LogP contribution < -0.4 is 21.3 Å². The fraction of sp³-hybridized carbons (Fsp3) is 0.542. The Balaban J connectivity index is 2.37. The molecular formula is C24H36N4O6. The molecule has 1 rings (SSSR count). The zero-order chi connectivity index (χ0) is 25.3. The summed E-state index contributed by atoms with van der Waals surface area (Å²) in [5, 5.41) is 10.8. The Morgan fingerprint density at radius 3 is 2.26 bits per heavy atom. The van der Waals surface area contributed by atoms with Gasteiger partial charge in [0.2, 0.25) is 23.6 Å². The third-order valence-electron chi connectivity index (χ3n) is 4.97. The fourth-order valence-electron chi connectivity index (χ4n) is 3.02. The van der Waals surface area contributed by atoms with Crippen molar-refractivity contribution in [2.45, 2.75) is 65.5 Å². The van der Waals surface area contributed by atoms with Crippen LogP contribution in [0.15, 0.2) is 24.3 Å². The van der Waals surface area contributed by atoms with Crippen LogP contribution in [0.2, 0.25) is 0 Å². The number of benzene rings is 1. The molecule has 0 aromatic heterocycles. The van der Waals surface area contributed by atoms with Gasteiger partial charge < -0.3 is 26.0 Å². The van der Waals surface area contributed by atoms with Crippen LogP contribution in [0.1, 0.15) is 58.4 Å². The summed E-state index contributed by atoms with van der Waals surface area (Å²) in [7, 11) is 0. The molecule has 0 radical (unpaired) electrons. The van der Waals surface area contributed by atoms with E-state index in [9.17, 15) is 24.0 Å². The molecule has 1 aromatic rings. The smallest absolute Gasteiger partial charge is 0.293 e. The summed E-state index contributed by atoms with van der Waals surface area (Å²) in [6, 6.07) is 6.00. The van der Waals surface area contributed by atoms with E-state index in [1.807, 2.05) is 13.8 Å². The van der Waals surface area contributed by atoms with Gasteiger partial charge in [0, 0.05) is 25.1 Å². The predicted octanol–water partition coefficient (Wildman–Crippen LogP) is 1.64. The number of hydrogen-bond acceptors (Lipinski definition) is 6. The monoisotopic (exact) mass is 476 g/mol. The highest BCUT2D eigenvalue weighted by Gasteiger charge is 2.24. The number of nitrogens with one attached hydrogen (secondary N) is 4.